The average molecular weight is 633 g/mol. The van der Waals surface area contributed by atoms with Gasteiger partial charge in [0.15, 0.2) is 0 Å². The lowest BCUT2D eigenvalue weighted by atomic mass is 9.99. The average Bonchev–Trinajstić information content (AvgIpc) is 3.63. The summed E-state index contributed by atoms with van der Waals surface area (Å²) in [6, 6.07) is 22.6. The summed E-state index contributed by atoms with van der Waals surface area (Å²) in [5.74, 6) is 0. The molecule has 2 heterocycles. The minimum Gasteiger partial charge on any atom is -0.387 e. The van der Waals surface area contributed by atoms with Gasteiger partial charge in [-0.1, -0.05) is 43.0 Å². The van der Waals surface area contributed by atoms with Crippen LogP contribution in [0.4, 0.5) is 5.69 Å². The number of hydrogen-bond donors (Lipinski definition) is 5. The first-order valence-electron chi connectivity index (χ1n) is 14.2. The Morgan fingerprint density at radius 2 is 1.89 bits per heavy atom. The predicted molar refractivity (Wildman–Crippen MR) is 176 cm³/mol. The fourth-order valence-electron chi connectivity index (χ4n) is 4.74. The maximum absolute atomic E-state index is 12.7. The lowest BCUT2D eigenvalue weighted by Crippen LogP contribution is -2.42. The molecule has 10 nitrogen and oxygen atoms in total. The quantitative estimate of drug-likeness (QED) is 0.118. The normalized spacial score (nSPS) is 12.7. The molecule has 5 rings (SSSR count). The predicted octanol–water partition coefficient (Wildman–Crippen LogP) is 4.84. The van der Waals surface area contributed by atoms with E-state index in [1.165, 1.54) is 12.1 Å². The van der Waals surface area contributed by atoms with Gasteiger partial charge in [-0.2, -0.15) is 0 Å². The first kappa shape index (κ1) is 31.2. The van der Waals surface area contributed by atoms with E-state index < -0.39 is 16.1 Å². The fraction of sp³-hybridized carbons (Fsp3) is 0.250. The number of aromatic amines is 1. The minimum atomic E-state index is -3.73. The number of rotatable bonds is 14. The van der Waals surface area contributed by atoms with Gasteiger partial charge in [-0.3, -0.25) is 9.52 Å². The van der Waals surface area contributed by atoms with E-state index in [1.807, 2.05) is 24.5 Å². The highest BCUT2D eigenvalue weighted by Gasteiger charge is 2.21. The highest BCUT2D eigenvalue weighted by atomic mass is 32.2. The molecule has 1 atom stereocenters. The number of aliphatic hydroxyl groups excluding tert-OH is 1. The second-order valence-corrected chi connectivity index (χ2v) is 13.7. The third kappa shape index (κ3) is 7.83. The molecule has 5 aromatic rings. The molecule has 0 fully saturated rings. The first-order valence-corrected chi connectivity index (χ1v) is 16.5. The first-order chi connectivity index (χ1) is 21.0. The Morgan fingerprint density at radius 3 is 2.64 bits per heavy atom. The molecule has 12 heteroatoms. The van der Waals surface area contributed by atoms with Crippen molar-refractivity contribution in [2.24, 2.45) is 0 Å². The molecular formula is C32H36N6O4S2. The number of imidazole rings is 1. The number of H-pyrrole nitrogens is 1. The summed E-state index contributed by atoms with van der Waals surface area (Å²) in [7, 11) is -3.73. The number of β-amino-alcohol motifs (C(OH)–C–C–N with tert-alkyl or cyclic N) is 1. The number of benzene rings is 3. The SMILES string of the molecule is C=C(NCc1cc(=O)s[nH]1)c1ccc2c(c1)ncn2CCC(C)(C)NC[C@H](O)c1cccc(NS(=O)(=O)c2ccccc2)c1. The highest BCUT2D eigenvalue weighted by molar-refractivity contribution is 7.92. The van der Waals surface area contributed by atoms with Crippen molar-refractivity contribution < 1.29 is 13.5 Å². The number of anilines is 1. The van der Waals surface area contributed by atoms with Crippen LogP contribution in [0.3, 0.4) is 0 Å². The summed E-state index contributed by atoms with van der Waals surface area (Å²) in [5, 5.41) is 17.6. The van der Waals surface area contributed by atoms with Gasteiger partial charge in [-0.05, 0) is 79.3 Å². The third-order valence-electron chi connectivity index (χ3n) is 7.37. The second-order valence-electron chi connectivity index (χ2n) is 11.2. The van der Waals surface area contributed by atoms with E-state index in [9.17, 15) is 18.3 Å². The van der Waals surface area contributed by atoms with Crippen LogP contribution in [0.2, 0.25) is 0 Å². The zero-order valence-electron chi connectivity index (χ0n) is 24.6. The second kappa shape index (κ2) is 13.2. The Kier molecular flexibility index (Phi) is 9.35. The number of nitrogens with zero attached hydrogens (tertiary/aromatic N) is 2. The zero-order chi connectivity index (χ0) is 31.3. The van der Waals surface area contributed by atoms with Crippen molar-refractivity contribution in [2.75, 3.05) is 11.3 Å². The summed E-state index contributed by atoms with van der Waals surface area (Å²) >= 11 is 1.07. The van der Waals surface area contributed by atoms with Gasteiger partial charge in [0.1, 0.15) is 0 Å². The molecule has 0 aliphatic rings. The number of fused-ring (bicyclic) bond motifs is 1. The molecule has 0 saturated heterocycles. The molecule has 0 saturated carbocycles. The van der Waals surface area contributed by atoms with Crippen molar-refractivity contribution in [1.29, 1.82) is 0 Å². The standard InChI is InChI=1S/C32H36N6O4S2/c1-22(33-19-26-18-31(40)43-36-26)23-12-13-29-28(17-23)34-21-38(29)15-14-32(2,3)35-20-30(39)24-8-7-9-25(16-24)37-44(41,42)27-10-5-4-6-11-27/h4-13,16-18,21,30,33,35-37,39H,1,14-15,19-20H2,2-3H3/t30-/m0/s1. The van der Waals surface area contributed by atoms with E-state index in [-0.39, 0.29) is 15.2 Å². The van der Waals surface area contributed by atoms with Crippen LogP contribution in [0.1, 0.15) is 43.2 Å². The summed E-state index contributed by atoms with van der Waals surface area (Å²) in [4.78, 5) is 16.1. The van der Waals surface area contributed by atoms with Crippen molar-refractivity contribution in [3.05, 3.63) is 118 Å². The topological polar surface area (TPSA) is 141 Å². The minimum absolute atomic E-state index is 0.00839. The molecule has 0 radical (unpaired) electrons. The lowest BCUT2D eigenvalue weighted by Gasteiger charge is -2.28. The largest absolute Gasteiger partial charge is 0.387 e. The summed E-state index contributed by atoms with van der Waals surface area (Å²) in [6.45, 7) is 9.78. The molecule has 2 aromatic heterocycles. The van der Waals surface area contributed by atoms with Crippen LogP contribution in [0, 0.1) is 0 Å². The van der Waals surface area contributed by atoms with Crippen molar-refractivity contribution >= 4 is 44.0 Å². The van der Waals surface area contributed by atoms with Crippen LogP contribution in [-0.2, 0) is 23.1 Å². The van der Waals surface area contributed by atoms with Crippen LogP contribution in [0.5, 0.6) is 0 Å². The molecular weight excluding hydrogens is 597 g/mol. The highest BCUT2D eigenvalue weighted by Crippen LogP contribution is 2.23. The Bertz CT molecular complexity index is 1910. The monoisotopic (exact) mass is 632 g/mol. The van der Waals surface area contributed by atoms with E-state index in [1.54, 1.807) is 48.5 Å². The Labute approximate surface area is 260 Å². The molecule has 0 unspecified atom stereocenters. The lowest BCUT2D eigenvalue weighted by molar-refractivity contribution is 0.158. The molecule has 3 aromatic carbocycles. The number of aliphatic hydroxyl groups is 1. The van der Waals surface area contributed by atoms with Gasteiger partial charge < -0.3 is 24.7 Å². The van der Waals surface area contributed by atoms with Gasteiger partial charge >= 0.3 is 0 Å². The molecule has 5 N–H and O–H groups in total. The van der Waals surface area contributed by atoms with Crippen LogP contribution >= 0.6 is 11.5 Å². The Morgan fingerprint density at radius 1 is 1.09 bits per heavy atom. The fourth-order valence-corrected chi connectivity index (χ4v) is 6.37. The van der Waals surface area contributed by atoms with Gasteiger partial charge in [-0.15, -0.1) is 0 Å². The van der Waals surface area contributed by atoms with E-state index in [4.69, 9.17) is 0 Å². The van der Waals surface area contributed by atoms with E-state index >= 15 is 0 Å². The van der Waals surface area contributed by atoms with Gasteiger partial charge in [0.25, 0.3) is 10.0 Å². The molecule has 0 amide bonds. The van der Waals surface area contributed by atoms with Crippen LogP contribution in [0.25, 0.3) is 16.7 Å². The van der Waals surface area contributed by atoms with E-state index in [2.05, 4.69) is 49.7 Å². The third-order valence-corrected chi connectivity index (χ3v) is 9.45. The van der Waals surface area contributed by atoms with Crippen LogP contribution < -0.4 is 20.1 Å². The summed E-state index contributed by atoms with van der Waals surface area (Å²) < 4.78 is 33.1. The maximum Gasteiger partial charge on any atom is 0.261 e. The molecule has 230 valence electrons. The number of nitrogens with one attached hydrogen (secondary N) is 4. The van der Waals surface area contributed by atoms with Crippen molar-refractivity contribution in [3.63, 3.8) is 0 Å². The van der Waals surface area contributed by atoms with Crippen LogP contribution in [0.15, 0.2) is 101 Å². The van der Waals surface area contributed by atoms with E-state index in [0.717, 1.165) is 45.9 Å². The summed E-state index contributed by atoms with van der Waals surface area (Å²) in [6.07, 6.45) is 1.77. The van der Waals surface area contributed by atoms with Crippen LogP contribution in [-0.4, -0.2) is 39.5 Å². The van der Waals surface area contributed by atoms with Gasteiger partial charge in [0.05, 0.1) is 34.9 Å². The van der Waals surface area contributed by atoms with Gasteiger partial charge in [0.2, 0.25) is 4.74 Å². The maximum atomic E-state index is 12.7. The molecule has 0 aliphatic heterocycles. The van der Waals surface area contributed by atoms with Gasteiger partial charge in [0, 0.05) is 41.8 Å². The van der Waals surface area contributed by atoms with Gasteiger partial charge in [-0.25, -0.2) is 13.4 Å². The Balaban J connectivity index is 1.14. The zero-order valence-corrected chi connectivity index (χ0v) is 26.2. The molecule has 0 bridgehead atoms. The molecule has 44 heavy (non-hydrogen) atoms. The number of aryl methyl sites for hydroxylation is 1. The molecule has 0 spiro atoms. The van der Waals surface area contributed by atoms with Crippen molar-refractivity contribution in [3.8, 4) is 0 Å². The Hall–Kier alpha value is -4.23. The van der Waals surface area contributed by atoms with E-state index in [0.29, 0.717) is 30.9 Å². The number of sulfonamides is 1. The summed E-state index contributed by atoms with van der Waals surface area (Å²) in [5.41, 5.74) is 5.05. The smallest absolute Gasteiger partial charge is 0.261 e. The number of aromatic nitrogens is 3. The van der Waals surface area contributed by atoms with Crippen molar-refractivity contribution in [1.82, 2.24) is 24.6 Å². The molecule has 0 aliphatic carbocycles. The number of hydrogen-bond acceptors (Lipinski definition) is 8. The van der Waals surface area contributed by atoms with Crippen molar-refractivity contribution in [2.45, 2.75) is 49.9 Å².